The lowest BCUT2D eigenvalue weighted by atomic mass is 10.1. The van der Waals surface area contributed by atoms with Crippen molar-refractivity contribution in [3.8, 4) is 11.8 Å². The molecule has 0 aromatic heterocycles. The van der Waals surface area contributed by atoms with Gasteiger partial charge < -0.3 is 14.7 Å². The van der Waals surface area contributed by atoms with Crippen molar-refractivity contribution in [1.29, 1.82) is 0 Å². The van der Waals surface area contributed by atoms with Gasteiger partial charge in [-0.05, 0) is 37.1 Å². The third-order valence-electron chi connectivity index (χ3n) is 3.61. The van der Waals surface area contributed by atoms with Gasteiger partial charge >= 0.3 is 0 Å². The molecule has 1 unspecified atom stereocenters. The first kappa shape index (κ1) is 15.6. The van der Waals surface area contributed by atoms with Crippen molar-refractivity contribution >= 4 is 5.91 Å². The normalized spacial score (nSPS) is 17.5. The van der Waals surface area contributed by atoms with Crippen molar-refractivity contribution in [2.24, 2.45) is 5.92 Å². The molecule has 21 heavy (non-hydrogen) atoms. The molecule has 1 aromatic carbocycles. The largest absolute Gasteiger partial charge is 0.384 e. The minimum atomic E-state index is -0.179. The molecule has 0 saturated carbocycles. The molecule has 1 heterocycles. The molecule has 0 aliphatic carbocycles. The molecule has 1 atom stereocenters. The van der Waals surface area contributed by atoms with Gasteiger partial charge in [-0.3, -0.25) is 4.79 Å². The van der Waals surface area contributed by atoms with Crippen LogP contribution in [-0.4, -0.2) is 49.3 Å². The third kappa shape index (κ3) is 4.07. The number of nitrogens with zero attached hydrogens (tertiary/aromatic N) is 1. The van der Waals surface area contributed by atoms with Gasteiger partial charge in [0.05, 0.1) is 6.61 Å². The van der Waals surface area contributed by atoms with Gasteiger partial charge in [0.25, 0.3) is 5.91 Å². The Morgan fingerprint density at radius 2 is 2.29 bits per heavy atom. The third-order valence-corrected chi connectivity index (χ3v) is 3.61. The van der Waals surface area contributed by atoms with Crippen LogP contribution in [0.2, 0.25) is 0 Å². The molecule has 1 aromatic rings. The number of rotatable bonds is 3. The van der Waals surface area contributed by atoms with E-state index in [2.05, 4.69) is 11.8 Å². The second-order valence-corrected chi connectivity index (χ2v) is 5.41. The number of amides is 1. The van der Waals surface area contributed by atoms with Crippen LogP contribution in [0.4, 0.5) is 0 Å². The van der Waals surface area contributed by atoms with Gasteiger partial charge in [-0.1, -0.05) is 11.8 Å². The van der Waals surface area contributed by atoms with E-state index < -0.39 is 0 Å². The monoisotopic (exact) mass is 287 g/mol. The fourth-order valence-electron chi connectivity index (χ4n) is 2.69. The highest BCUT2D eigenvalue weighted by atomic mass is 16.5. The van der Waals surface area contributed by atoms with E-state index >= 15 is 0 Å². The summed E-state index contributed by atoms with van der Waals surface area (Å²) < 4.78 is 5.16. The minimum absolute atomic E-state index is 0.0457. The predicted octanol–water partition coefficient (Wildman–Crippen LogP) is 1.45. The van der Waals surface area contributed by atoms with Crippen molar-refractivity contribution < 1.29 is 14.6 Å². The van der Waals surface area contributed by atoms with Crippen LogP contribution in [0.3, 0.4) is 0 Å². The van der Waals surface area contributed by atoms with E-state index in [1.807, 2.05) is 24.0 Å². The SMILES string of the molecule is COCC1CCN(C(=O)c2cc(C)cc(C#CCO)c2)C1. The highest BCUT2D eigenvalue weighted by Crippen LogP contribution is 2.20. The Balaban J connectivity index is 2.14. The van der Waals surface area contributed by atoms with Gasteiger partial charge in [-0.25, -0.2) is 0 Å². The zero-order valence-corrected chi connectivity index (χ0v) is 12.6. The molecule has 1 aliphatic heterocycles. The Bertz CT molecular complexity index is 571. The lowest BCUT2D eigenvalue weighted by molar-refractivity contribution is 0.0775. The standard InChI is InChI=1S/C17H21NO3/c1-13-8-14(4-3-7-19)10-16(9-13)17(20)18-6-5-15(11-18)12-21-2/h8-10,15,19H,5-7,11-12H2,1-2H3. The number of aryl methyl sites for hydroxylation is 1. The molecule has 4 nitrogen and oxygen atoms in total. The summed E-state index contributed by atoms with van der Waals surface area (Å²) in [5.41, 5.74) is 2.42. The molecule has 1 amide bonds. The molecule has 4 heteroatoms. The summed E-state index contributed by atoms with van der Waals surface area (Å²) in [5, 5.41) is 8.77. The Hall–Kier alpha value is -1.83. The molecule has 0 radical (unpaired) electrons. The number of hydrogen-bond acceptors (Lipinski definition) is 3. The first-order valence-electron chi connectivity index (χ1n) is 7.13. The summed E-state index contributed by atoms with van der Waals surface area (Å²) in [6.07, 6.45) is 0.989. The van der Waals surface area contributed by atoms with Crippen LogP contribution >= 0.6 is 0 Å². The van der Waals surface area contributed by atoms with Crippen LogP contribution < -0.4 is 0 Å². The summed E-state index contributed by atoms with van der Waals surface area (Å²) in [5.74, 6) is 5.95. The maximum Gasteiger partial charge on any atom is 0.253 e. The van der Waals surface area contributed by atoms with Gasteiger partial charge in [0.1, 0.15) is 6.61 Å². The number of ether oxygens (including phenoxy) is 1. The topological polar surface area (TPSA) is 49.8 Å². The lowest BCUT2D eigenvalue weighted by Crippen LogP contribution is -2.29. The second-order valence-electron chi connectivity index (χ2n) is 5.41. The smallest absolute Gasteiger partial charge is 0.253 e. The number of hydrogen-bond donors (Lipinski definition) is 1. The zero-order chi connectivity index (χ0) is 15.2. The molecule has 112 valence electrons. The number of carbonyl (C=O) groups is 1. The Morgan fingerprint density at radius 1 is 1.48 bits per heavy atom. The van der Waals surface area contributed by atoms with Gasteiger partial charge in [0.15, 0.2) is 0 Å². The summed E-state index contributed by atoms with van der Waals surface area (Å²) >= 11 is 0. The number of likely N-dealkylation sites (tertiary alicyclic amines) is 1. The number of aliphatic hydroxyl groups is 1. The Kier molecular flexibility index (Phi) is 5.38. The first-order chi connectivity index (χ1) is 10.1. The van der Waals surface area contributed by atoms with Crippen molar-refractivity contribution in [2.45, 2.75) is 13.3 Å². The van der Waals surface area contributed by atoms with E-state index in [0.29, 0.717) is 18.1 Å². The molecule has 2 rings (SSSR count). The van der Waals surface area contributed by atoms with Crippen LogP contribution in [0.15, 0.2) is 18.2 Å². The van der Waals surface area contributed by atoms with E-state index in [0.717, 1.165) is 30.6 Å². The van der Waals surface area contributed by atoms with Crippen molar-refractivity contribution in [3.05, 3.63) is 34.9 Å². The summed E-state index contributed by atoms with van der Waals surface area (Å²) in [4.78, 5) is 14.4. The van der Waals surface area contributed by atoms with Crippen molar-refractivity contribution in [3.63, 3.8) is 0 Å². The zero-order valence-electron chi connectivity index (χ0n) is 12.6. The molecule has 1 fully saturated rings. The fraction of sp³-hybridized carbons (Fsp3) is 0.471. The van der Waals surface area contributed by atoms with Crippen LogP contribution in [0, 0.1) is 24.7 Å². The molecule has 1 aliphatic rings. The molecular formula is C17H21NO3. The average molecular weight is 287 g/mol. The molecule has 0 bridgehead atoms. The maximum atomic E-state index is 12.6. The highest BCUT2D eigenvalue weighted by Gasteiger charge is 2.26. The minimum Gasteiger partial charge on any atom is -0.384 e. The molecule has 1 saturated heterocycles. The predicted molar refractivity (Wildman–Crippen MR) is 81.0 cm³/mol. The van der Waals surface area contributed by atoms with Crippen LogP contribution in [0.1, 0.15) is 27.9 Å². The number of aliphatic hydroxyl groups excluding tert-OH is 1. The number of carbonyl (C=O) groups excluding carboxylic acids is 1. The quantitative estimate of drug-likeness (QED) is 0.856. The van der Waals surface area contributed by atoms with E-state index in [4.69, 9.17) is 9.84 Å². The molecular weight excluding hydrogens is 266 g/mol. The van der Waals surface area contributed by atoms with Crippen molar-refractivity contribution in [1.82, 2.24) is 4.90 Å². The fourth-order valence-corrected chi connectivity index (χ4v) is 2.69. The Morgan fingerprint density at radius 3 is 3.00 bits per heavy atom. The van der Waals surface area contributed by atoms with E-state index in [-0.39, 0.29) is 12.5 Å². The van der Waals surface area contributed by atoms with E-state index in [1.54, 1.807) is 13.2 Å². The van der Waals surface area contributed by atoms with Crippen molar-refractivity contribution in [2.75, 3.05) is 33.4 Å². The maximum absolute atomic E-state index is 12.6. The lowest BCUT2D eigenvalue weighted by Gasteiger charge is -2.17. The summed E-state index contributed by atoms with van der Waals surface area (Å²) in [6.45, 7) is 3.99. The van der Waals surface area contributed by atoms with E-state index in [1.165, 1.54) is 0 Å². The van der Waals surface area contributed by atoms with Gasteiger partial charge in [0, 0.05) is 37.2 Å². The van der Waals surface area contributed by atoms with Gasteiger partial charge in [-0.15, -0.1) is 0 Å². The average Bonchev–Trinajstić information content (AvgIpc) is 2.93. The van der Waals surface area contributed by atoms with Gasteiger partial charge in [0.2, 0.25) is 0 Å². The molecule has 0 spiro atoms. The van der Waals surface area contributed by atoms with Crippen LogP contribution in [0.25, 0.3) is 0 Å². The van der Waals surface area contributed by atoms with Crippen LogP contribution in [-0.2, 0) is 4.74 Å². The van der Waals surface area contributed by atoms with Gasteiger partial charge in [-0.2, -0.15) is 0 Å². The summed E-state index contributed by atoms with van der Waals surface area (Å²) in [7, 11) is 1.69. The van der Waals surface area contributed by atoms with E-state index in [9.17, 15) is 4.79 Å². The molecule has 1 N–H and O–H groups in total. The number of methoxy groups -OCH3 is 1. The van der Waals surface area contributed by atoms with Crippen LogP contribution in [0.5, 0.6) is 0 Å². The highest BCUT2D eigenvalue weighted by molar-refractivity contribution is 5.95. The first-order valence-corrected chi connectivity index (χ1v) is 7.13. The summed E-state index contributed by atoms with van der Waals surface area (Å²) in [6, 6.07) is 5.59. The second kappa shape index (κ2) is 7.26. The Labute approximate surface area is 125 Å². The number of benzene rings is 1.